The summed E-state index contributed by atoms with van der Waals surface area (Å²) in [5.41, 5.74) is 3.00. The van der Waals surface area contributed by atoms with Crippen LogP contribution in [-0.2, 0) is 15.7 Å². The molecule has 4 aromatic rings. The standard InChI is InChI=1S/C28H28F3N5O3S/c1-18-25(40-26(33-18)22-8-3-19(28(29,30)31)17-24(22)39-16-15-37-2)23-9-10-32-27(35-23)34-20-4-6-21(7-5-20)36-11-13-38-14-12-36/h3-10,17H,11-16H2,1-2H3,(H,32,34,35). The van der Waals surface area contributed by atoms with Gasteiger partial charge in [-0.2, -0.15) is 13.2 Å². The van der Waals surface area contributed by atoms with Crippen LogP contribution in [0.4, 0.5) is 30.5 Å². The normalized spacial score (nSPS) is 13.9. The Morgan fingerprint density at radius 2 is 1.80 bits per heavy atom. The number of alkyl halides is 3. The second-order valence-electron chi connectivity index (χ2n) is 9.02. The van der Waals surface area contributed by atoms with Gasteiger partial charge in [0.2, 0.25) is 5.95 Å². The second kappa shape index (κ2) is 12.2. The molecule has 5 rings (SSSR count). The largest absolute Gasteiger partial charge is 0.490 e. The number of nitrogens with zero attached hydrogens (tertiary/aromatic N) is 4. The van der Waals surface area contributed by atoms with Crippen LogP contribution in [0.25, 0.3) is 21.1 Å². The first-order chi connectivity index (χ1) is 19.3. The van der Waals surface area contributed by atoms with E-state index < -0.39 is 11.7 Å². The molecule has 3 heterocycles. The second-order valence-corrected chi connectivity index (χ2v) is 10.0. The van der Waals surface area contributed by atoms with Crippen molar-refractivity contribution in [3.63, 3.8) is 0 Å². The molecule has 1 aliphatic heterocycles. The molecule has 12 heteroatoms. The van der Waals surface area contributed by atoms with E-state index in [1.807, 2.05) is 31.2 Å². The SMILES string of the molecule is COCCOc1cc(C(F)(F)F)ccc1-c1nc(C)c(-c2ccnc(Nc3ccc(N4CCOCC4)cc3)n2)s1. The molecule has 0 bridgehead atoms. The van der Waals surface area contributed by atoms with E-state index in [0.29, 0.717) is 27.9 Å². The van der Waals surface area contributed by atoms with Crippen molar-refractivity contribution >= 4 is 28.7 Å². The van der Waals surface area contributed by atoms with Crippen molar-refractivity contribution in [1.82, 2.24) is 15.0 Å². The summed E-state index contributed by atoms with van der Waals surface area (Å²) in [6.07, 6.45) is -2.84. The summed E-state index contributed by atoms with van der Waals surface area (Å²) in [5, 5.41) is 3.77. The average molecular weight is 572 g/mol. The monoisotopic (exact) mass is 571 g/mol. The fraction of sp³-hybridized carbons (Fsp3) is 0.321. The smallest absolute Gasteiger partial charge is 0.416 e. The fourth-order valence-electron chi connectivity index (χ4n) is 4.23. The highest BCUT2D eigenvalue weighted by Crippen LogP contribution is 2.41. The van der Waals surface area contributed by atoms with Gasteiger partial charge in [0.05, 0.1) is 47.2 Å². The minimum absolute atomic E-state index is 0.0951. The van der Waals surface area contributed by atoms with Crippen molar-refractivity contribution in [2.75, 3.05) is 56.8 Å². The molecule has 0 atom stereocenters. The van der Waals surface area contributed by atoms with Crippen LogP contribution in [0.15, 0.2) is 54.7 Å². The van der Waals surface area contributed by atoms with E-state index in [2.05, 4.69) is 25.2 Å². The predicted molar refractivity (Wildman–Crippen MR) is 148 cm³/mol. The van der Waals surface area contributed by atoms with Crippen molar-refractivity contribution in [1.29, 1.82) is 0 Å². The molecule has 1 aliphatic rings. The van der Waals surface area contributed by atoms with Gasteiger partial charge in [0.1, 0.15) is 17.4 Å². The summed E-state index contributed by atoms with van der Waals surface area (Å²) >= 11 is 1.33. The lowest BCUT2D eigenvalue weighted by Gasteiger charge is -2.28. The summed E-state index contributed by atoms with van der Waals surface area (Å²) in [6.45, 7) is 5.36. The third-order valence-electron chi connectivity index (χ3n) is 6.27. The van der Waals surface area contributed by atoms with Crippen LogP contribution < -0.4 is 15.0 Å². The van der Waals surface area contributed by atoms with Gasteiger partial charge < -0.3 is 24.4 Å². The molecular weight excluding hydrogens is 543 g/mol. The highest BCUT2D eigenvalue weighted by molar-refractivity contribution is 7.18. The number of nitrogens with one attached hydrogen (secondary N) is 1. The van der Waals surface area contributed by atoms with Gasteiger partial charge in [-0.3, -0.25) is 0 Å². The van der Waals surface area contributed by atoms with Crippen molar-refractivity contribution < 1.29 is 27.4 Å². The zero-order chi connectivity index (χ0) is 28.1. The Kier molecular flexibility index (Phi) is 8.48. The molecule has 0 unspecified atom stereocenters. The Hall–Kier alpha value is -3.74. The number of benzene rings is 2. The number of thiazole rings is 1. The Labute approximate surface area is 233 Å². The maximum absolute atomic E-state index is 13.4. The lowest BCUT2D eigenvalue weighted by atomic mass is 10.1. The van der Waals surface area contributed by atoms with Gasteiger partial charge in [-0.25, -0.2) is 15.0 Å². The summed E-state index contributed by atoms with van der Waals surface area (Å²) in [6, 6.07) is 13.3. The lowest BCUT2D eigenvalue weighted by Crippen LogP contribution is -2.36. The lowest BCUT2D eigenvalue weighted by molar-refractivity contribution is -0.137. The van der Waals surface area contributed by atoms with Crippen molar-refractivity contribution in [3.05, 3.63) is 66.0 Å². The molecule has 2 aromatic heterocycles. The molecule has 1 fully saturated rings. The summed E-state index contributed by atoms with van der Waals surface area (Å²) in [4.78, 5) is 16.7. The minimum atomic E-state index is -4.49. The quantitative estimate of drug-likeness (QED) is 0.238. The van der Waals surface area contributed by atoms with Crippen LogP contribution in [0.2, 0.25) is 0 Å². The molecule has 0 aliphatic carbocycles. The molecular formula is C28H28F3N5O3S. The predicted octanol–water partition coefficient (Wildman–Crippen LogP) is 6.20. The third kappa shape index (κ3) is 6.52. The first-order valence-corrected chi connectivity index (χ1v) is 13.5. The molecule has 1 saturated heterocycles. The molecule has 40 heavy (non-hydrogen) atoms. The molecule has 210 valence electrons. The molecule has 0 spiro atoms. The molecule has 0 saturated carbocycles. The van der Waals surface area contributed by atoms with Crippen molar-refractivity contribution in [2.24, 2.45) is 0 Å². The molecule has 1 N–H and O–H groups in total. The zero-order valence-electron chi connectivity index (χ0n) is 22.0. The van der Waals surface area contributed by atoms with Gasteiger partial charge in [-0.15, -0.1) is 11.3 Å². The summed E-state index contributed by atoms with van der Waals surface area (Å²) in [5.74, 6) is 0.516. The molecule has 8 nitrogen and oxygen atoms in total. The number of methoxy groups -OCH3 is 1. The number of rotatable bonds is 9. The van der Waals surface area contributed by atoms with Crippen molar-refractivity contribution in [3.8, 4) is 26.9 Å². The number of hydrogen-bond donors (Lipinski definition) is 1. The Balaban J connectivity index is 1.37. The number of ether oxygens (including phenoxy) is 3. The van der Waals surface area contributed by atoms with E-state index in [-0.39, 0.29) is 19.0 Å². The number of aromatic nitrogens is 3. The third-order valence-corrected chi connectivity index (χ3v) is 7.48. The van der Waals surface area contributed by atoms with Gasteiger partial charge >= 0.3 is 6.18 Å². The topological polar surface area (TPSA) is 81.6 Å². The maximum Gasteiger partial charge on any atom is 0.416 e. The van der Waals surface area contributed by atoms with E-state index in [1.165, 1.54) is 24.5 Å². The number of aryl methyl sites for hydroxylation is 1. The first-order valence-electron chi connectivity index (χ1n) is 12.7. The van der Waals surface area contributed by atoms with Crippen LogP contribution >= 0.6 is 11.3 Å². The van der Waals surface area contributed by atoms with Gasteiger partial charge in [0.25, 0.3) is 0 Å². The number of morpholine rings is 1. The zero-order valence-corrected chi connectivity index (χ0v) is 22.8. The van der Waals surface area contributed by atoms with Crippen LogP contribution in [0.5, 0.6) is 5.75 Å². The molecule has 0 radical (unpaired) electrons. The fourth-order valence-corrected chi connectivity index (χ4v) is 5.30. The van der Waals surface area contributed by atoms with Crippen LogP contribution in [0.3, 0.4) is 0 Å². The molecule has 2 aromatic carbocycles. The van der Waals surface area contributed by atoms with E-state index in [0.717, 1.165) is 54.7 Å². The Morgan fingerprint density at radius 1 is 1.02 bits per heavy atom. The van der Waals surface area contributed by atoms with Gasteiger partial charge in [-0.1, -0.05) is 0 Å². The maximum atomic E-state index is 13.4. The Bertz CT molecular complexity index is 1440. The highest BCUT2D eigenvalue weighted by Gasteiger charge is 2.32. The van der Waals surface area contributed by atoms with Gasteiger partial charge in [-0.05, 0) is 55.5 Å². The first kappa shape index (κ1) is 27.8. The van der Waals surface area contributed by atoms with E-state index >= 15 is 0 Å². The Morgan fingerprint density at radius 3 is 2.52 bits per heavy atom. The molecule has 0 amide bonds. The average Bonchev–Trinajstić information content (AvgIpc) is 3.35. The summed E-state index contributed by atoms with van der Waals surface area (Å²) < 4.78 is 56.1. The van der Waals surface area contributed by atoms with Gasteiger partial charge in [0, 0.05) is 37.8 Å². The van der Waals surface area contributed by atoms with Crippen molar-refractivity contribution in [2.45, 2.75) is 13.1 Å². The minimum Gasteiger partial charge on any atom is -0.490 e. The van der Waals surface area contributed by atoms with E-state index in [9.17, 15) is 13.2 Å². The van der Waals surface area contributed by atoms with Crippen LogP contribution in [0.1, 0.15) is 11.3 Å². The highest BCUT2D eigenvalue weighted by atomic mass is 32.1. The van der Waals surface area contributed by atoms with Gasteiger partial charge in [0.15, 0.2) is 0 Å². The van der Waals surface area contributed by atoms with Crippen LogP contribution in [-0.4, -0.2) is 61.6 Å². The number of halogens is 3. The summed E-state index contributed by atoms with van der Waals surface area (Å²) in [7, 11) is 1.50. The number of anilines is 3. The van der Waals surface area contributed by atoms with E-state index in [1.54, 1.807) is 12.3 Å². The van der Waals surface area contributed by atoms with Crippen LogP contribution in [0, 0.1) is 6.92 Å². The number of hydrogen-bond acceptors (Lipinski definition) is 9. The van der Waals surface area contributed by atoms with E-state index in [4.69, 9.17) is 14.2 Å².